The smallest absolute Gasteiger partial charge is 0.0715 e. The minimum atomic E-state index is 0.941. The molecule has 0 bridgehead atoms. The van der Waals surface area contributed by atoms with Gasteiger partial charge in [-0.2, -0.15) is 0 Å². The molecule has 44 heavy (non-hydrogen) atoms. The van der Waals surface area contributed by atoms with Gasteiger partial charge in [0.25, 0.3) is 0 Å². The maximum Gasteiger partial charge on any atom is 0.0715 e. The molecule has 8 aromatic rings. The van der Waals surface area contributed by atoms with Gasteiger partial charge in [0.15, 0.2) is 0 Å². The van der Waals surface area contributed by atoms with Gasteiger partial charge < -0.3 is 0 Å². The third-order valence-corrected chi connectivity index (χ3v) is 8.21. The number of aromatic nitrogens is 3. The Morgan fingerprint density at radius 1 is 0.273 bits per heavy atom. The molecule has 0 aliphatic heterocycles. The first-order valence-electron chi connectivity index (χ1n) is 14.7. The molecule has 0 spiro atoms. The van der Waals surface area contributed by atoms with Crippen LogP contribution in [0.3, 0.4) is 0 Å². The number of hydrogen-bond donors (Lipinski definition) is 0. The van der Waals surface area contributed by atoms with Crippen molar-refractivity contribution in [2.45, 2.75) is 0 Å². The molecule has 0 unspecified atom stereocenters. The molecule has 0 aliphatic carbocycles. The lowest BCUT2D eigenvalue weighted by Crippen LogP contribution is -1.93. The number of pyridine rings is 3. The van der Waals surface area contributed by atoms with Gasteiger partial charge in [0, 0.05) is 35.9 Å². The number of benzene rings is 5. The van der Waals surface area contributed by atoms with E-state index in [0.717, 1.165) is 55.9 Å². The molecule has 5 aromatic carbocycles. The SMILES string of the molecule is c1ccc2cc(-c3cc(-c4cc(-c5ccncc5)cc(-c5ccncc5)c4)cc(-c4ccc5ccccc5c4)n3)ccc2c1. The molecule has 0 saturated heterocycles. The first-order chi connectivity index (χ1) is 21.8. The zero-order chi connectivity index (χ0) is 29.3. The van der Waals surface area contributed by atoms with E-state index in [4.69, 9.17) is 4.98 Å². The van der Waals surface area contributed by atoms with E-state index >= 15 is 0 Å². The second kappa shape index (κ2) is 11.0. The van der Waals surface area contributed by atoms with Gasteiger partial charge in [0.2, 0.25) is 0 Å². The fraction of sp³-hybridized carbons (Fsp3) is 0. The molecule has 8 rings (SSSR count). The summed E-state index contributed by atoms with van der Waals surface area (Å²) >= 11 is 0. The summed E-state index contributed by atoms with van der Waals surface area (Å²) in [6.45, 7) is 0. The summed E-state index contributed by atoms with van der Waals surface area (Å²) in [6.07, 6.45) is 7.37. The van der Waals surface area contributed by atoms with Crippen LogP contribution in [0.4, 0.5) is 0 Å². The standard InChI is InChI=1S/C41H27N3/c1-3-7-32-21-34(11-9-28(32)5-1)40-26-39(27-41(44-40)35-12-10-29-6-2-4-8-33(29)22-35)38-24-36(30-13-17-42-18-14-30)23-37(25-38)31-15-19-43-20-16-31/h1-27H. The minimum Gasteiger partial charge on any atom is -0.265 e. The quantitative estimate of drug-likeness (QED) is 0.210. The van der Waals surface area contributed by atoms with Gasteiger partial charge in [0.05, 0.1) is 11.4 Å². The van der Waals surface area contributed by atoms with Crippen molar-refractivity contribution in [3.05, 3.63) is 164 Å². The Kier molecular flexibility index (Phi) is 6.47. The Morgan fingerprint density at radius 2 is 0.659 bits per heavy atom. The van der Waals surface area contributed by atoms with Crippen LogP contribution in [-0.2, 0) is 0 Å². The fourth-order valence-corrected chi connectivity index (χ4v) is 5.91. The van der Waals surface area contributed by atoms with Crippen molar-refractivity contribution in [2.24, 2.45) is 0 Å². The van der Waals surface area contributed by atoms with Crippen LogP contribution in [0.1, 0.15) is 0 Å². The summed E-state index contributed by atoms with van der Waals surface area (Å²) in [5, 5.41) is 4.83. The highest BCUT2D eigenvalue weighted by Gasteiger charge is 2.13. The Hall–Kier alpha value is -5.93. The molecule has 0 radical (unpaired) electrons. The third kappa shape index (κ3) is 5.01. The van der Waals surface area contributed by atoms with E-state index in [9.17, 15) is 0 Å². The van der Waals surface area contributed by atoms with Gasteiger partial charge >= 0.3 is 0 Å². The van der Waals surface area contributed by atoms with E-state index in [0.29, 0.717) is 0 Å². The van der Waals surface area contributed by atoms with Gasteiger partial charge in [0.1, 0.15) is 0 Å². The molecule has 0 saturated carbocycles. The van der Waals surface area contributed by atoms with Gasteiger partial charge in [-0.05, 0) is 122 Å². The largest absolute Gasteiger partial charge is 0.265 e. The van der Waals surface area contributed by atoms with E-state index < -0.39 is 0 Å². The Morgan fingerprint density at radius 3 is 1.11 bits per heavy atom. The number of fused-ring (bicyclic) bond motifs is 2. The topological polar surface area (TPSA) is 38.7 Å². The summed E-state index contributed by atoms with van der Waals surface area (Å²) in [4.78, 5) is 13.8. The van der Waals surface area contributed by atoms with E-state index in [-0.39, 0.29) is 0 Å². The zero-order valence-corrected chi connectivity index (χ0v) is 23.9. The predicted molar refractivity (Wildman–Crippen MR) is 182 cm³/mol. The van der Waals surface area contributed by atoms with Crippen LogP contribution >= 0.6 is 0 Å². The number of nitrogens with zero attached hydrogens (tertiary/aromatic N) is 3. The molecular formula is C41H27N3. The summed E-state index contributed by atoms with van der Waals surface area (Å²) < 4.78 is 0. The average Bonchev–Trinajstić information content (AvgIpc) is 3.11. The molecule has 3 heterocycles. The average molecular weight is 562 g/mol. The predicted octanol–water partition coefficient (Wildman–Crippen LogP) is 10.5. The van der Waals surface area contributed by atoms with Gasteiger partial charge in [-0.3, -0.25) is 9.97 Å². The van der Waals surface area contributed by atoms with Crippen LogP contribution in [-0.4, -0.2) is 15.0 Å². The highest BCUT2D eigenvalue weighted by atomic mass is 14.7. The van der Waals surface area contributed by atoms with E-state index in [1.54, 1.807) is 0 Å². The molecule has 0 amide bonds. The maximum atomic E-state index is 5.26. The molecule has 0 aliphatic rings. The Bertz CT molecular complexity index is 2120. The van der Waals surface area contributed by atoms with Gasteiger partial charge in [-0.25, -0.2) is 4.98 Å². The summed E-state index contributed by atoms with van der Waals surface area (Å²) in [5.41, 5.74) is 10.8. The highest BCUT2D eigenvalue weighted by Crippen LogP contribution is 2.36. The first kappa shape index (κ1) is 25.8. The van der Waals surface area contributed by atoms with Crippen molar-refractivity contribution in [3.63, 3.8) is 0 Å². The maximum absolute atomic E-state index is 5.26. The third-order valence-electron chi connectivity index (χ3n) is 8.21. The van der Waals surface area contributed by atoms with Crippen molar-refractivity contribution >= 4 is 21.5 Å². The Labute approximate surface area is 256 Å². The van der Waals surface area contributed by atoms with Crippen LogP contribution in [0.25, 0.3) is 77.4 Å². The molecule has 3 heteroatoms. The first-order valence-corrected chi connectivity index (χ1v) is 14.7. The summed E-state index contributed by atoms with van der Waals surface area (Å²) in [5.74, 6) is 0. The van der Waals surface area contributed by atoms with E-state index in [1.807, 2.05) is 24.8 Å². The van der Waals surface area contributed by atoms with Crippen molar-refractivity contribution in [1.29, 1.82) is 0 Å². The van der Waals surface area contributed by atoms with E-state index in [1.165, 1.54) is 21.5 Å². The lowest BCUT2D eigenvalue weighted by molar-refractivity contribution is 1.32. The van der Waals surface area contributed by atoms with Crippen LogP contribution in [0, 0.1) is 0 Å². The molecule has 0 N–H and O–H groups in total. The molecular weight excluding hydrogens is 534 g/mol. The Balaban J connectivity index is 1.36. The van der Waals surface area contributed by atoms with Gasteiger partial charge in [-0.1, -0.05) is 72.8 Å². The zero-order valence-electron chi connectivity index (χ0n) is 23.9. The number of hydrogen-bond acceptors (Lipinski definition) is 3. The summed E-state index contributed by atoms with van der Waals surface area (Å²) in [7, 11) is 0. The monoisotopic (exact) mass is 561 g/mol. The second-order valence-corrected chi connectivity index (χ2v) is 11.0. The molecule has 0 fully saturated rings. The van der Waals surface area contributed by atoms with Crippen LogP contribution in [0.2, 0.25) is 0 Å². The van der Waals surface area contributed by atoms with Crippen LogP contribution < -0.4 is 0 Å². The van der Waals surface area contributed by atoms with Crippen LogP contribution in [0.15, 0.2) is 164 Å². The van der Waals surface area contributed by atoms with Crippen molar-refractivity contribution in [2.75, 3.05) is 0 Å². The molecule has 3 nitrogen and oxygen atoms in total. The second-order valence-electron chi connectivity index (χ2n) is 11.0. The fourth-order valence-electron chi connectivity index (χ4n) is 5.91. The lowest BCUT2D eigenvalue weighted by atomic mass is 9.92. The van der Waals surface area contributed by atoms with Crippen LogP contribution in [0.5, 0.6) is 0 Å². The minimum absolute atomic E-state index is 0.941. The van der Waals surface area contributed by atoms with Crippen molar-refractivity contribution in [3.8, 4) is 55.9 Å². The van der Waals surface area contributed by atoms with Gasteiger partial charge in [-0.15, -0.1) is 0 Å². The van der Waals surface area contributed by atoms with Crippen molar-refractivity contribution in [1.82, 2.24) is 15.0 Å². The molecule has 206 valence electrons. The molecule has 0 atom stereocenters. The lowest BCUT2D eigenvalue weighted by Gasteiger charge is -2.14. The normalized spacial score (nSPS) is 11.2. The molecule has 3 aromatic heterocycles. The summed E-state index contributed by atoms with van der Waals surface area (Å²) in [6, 6.07) is 49.6. The van der Waals surface area contributed by atoms with Crippen molar-refractivity contribution < 1.29 is 0 Å². The highest BCUT2D eigenvalue weighted by molar-refractivity contribution is 5.90. The number of rotatable bonds is 5. The van der Waals surface area contributed by atoms with E-state index in [2.05, 4.69) is 149 Å².